The van der Waals surface area contributed by atoms with Gasteiger partial charge in [0.05, 0.1) is 0 Å². The Labute approximate surface area is 69.5 Å². The third-order valence-electron chi connectivity index (χ3n) is 1.74. The Kier molecular flexibility index (Phi) is 1.43. The Hall–Kier alpha value is -1.64. The zero-order chi connectivity index (χ0) is 8.55. The molecule has 0 amide bonds. The van der Waals surface area contributed by atoms with Crippen molar-refractivity contribution >= 4 is 0 Å². The van der Waals surface area contributed by atoms with Gasteiger partial charge in [-0.1, -0.05) is 6.07 Å². The average molecular weight is 164 g/mol. The van der Waals surface area contributed by atoms with E-state index in [0.29, 0.717) is 12.2 Å². The maximum atomic E-state index is 9.10. The van der Waals surface area contributed by atoms with E-state index in [1.165, 1.54) is 12.3 Å². The van der Waals surface area contributed by atoms with Crippen LogP contribution in [0.2, 0.25) is 0 Å². The van der Waals surface area contributed by atoms with E-state index in [1.807, 2.05) is 0 Å². The summed E-state index contributed by atoms with van der Waals surface area (Å²) in [6, 6.07) is 4.83. The van der Waals surface area contributed by atoms with Crippen LogP contribution < -0.4 is 4.74 Å². The molecule has 0 bridgehead atoms. The lowest BCUT2D eigenvalue weighted by Crippen LogP contribution is -2.01. The number of rotatable bonds is 0. The zero-order valence-corrected chi connectivity index (χ0v) is 6.32. The van der Waals surface area contributed by atoms with Crippen LogP contribution in [0.25, 0.3) is 0 Å². The molecule has 2 rings (SSSR count). The number of ether oxygens (including phenoxy) is 1. The van der Waals surface area contributed by atoms with Crippen molar-refractivity contribution in [2.24, 2.45) is 0 Å². The SMILES string of the molecule is OC1=COc2cc(O)ccc2C1. The molecule has 0 saturated carbocycles. The minimum Gasteiger partial charge on any atom is -0.509 e. The van der Waals surface area contributed by atoms with Crippen LogP contribution in [0.1, 0.15) is 5.56 Å². The van der Waals surface area contributed by atoms with Gasteiger partial charge < -0.3 is 14.9 Å². The van der Waals surface area contributed by atoms with Crippen LogP contribution in [0, 0.1) is 0 Å². The minimum atomic E-state index is 0.170. The number of benzene rings is 1. The lowest BCUT2D eigenvalue weighted by atomic mass is 10.1. The average Bonchev–Trinajstić information content (AvgIpc) is 2.05. The van der Waals surface area contributed by atoms with Crippen molar-refractivity contribution in [2.45, 2.75) is 6.42 Å². The fraction of sp³-hybridized carbons (Fsp3) is 0.111. The second-order valence-corrected chi connectivity index (χ2v) is 2.70. The highest BCUT2D eigenvalue weighted by atomic mass is 16.5. The van der Waals surface area contributed by atoms with Crippen molar-refractivity contribution in [1.29, 1.82) is 0 Å². The van der Waals surface area contributed by atoms with Crippen molar-refractivity contribution in [3.05, 3.63) is 35.8 Å². The van der Waals surface area contributed by atoms with Crippen LogP contribution in [0.15, 0.2) is 30.2 Å². The van der Waals surface area contributed by atoms with E-state index in [-0.39, 0.29) is 11.5 Å². The normalized spacial score (nSPS) is 14.5. The summed E-state index contributed by atoms with van der Waals surface area (Å²) in [6.07, 6.45) is 1.75. The molecule has 12 heavy (non-hydrogen) atoms. The van der Waals surface area contributed by atoms with Gasteiger partial charge in [-0.15, -0.1) is 0 Å². The van der Waals surface area contributed by atoms with E-state index in [4.69, 9.17) is 14.9 Å². The fourth-order valence-corrected chi connectivity index (χ4v) is 1.17. The lowest BCUT2D eigenvalue weighted by Gasteiger charge is -2.13. The van der Waals surface area contributed by atoms with Gasteiger partial charge in [-0.2, -0.15) is 0 Å². The van der Waals surface area contributed by atoms with Gasteiger partial charge >= 0.3 is 0 Å². The zero-order valence-electron chi connectivity index (χ0n) is 6.32. The highest BCUT2D eigenvalue weighted by Crippen LogP contribution is 2.28. The maximum Gasteiger partial charge on any atom is 0.134 e. The molecule has 3 nitrogen and oxygen atoms in total. The molecule has 0 spiro atoms. The molecule has 62 valence electrons. The number of phenolic OH excluding ortho intramolecular Hbond substituents is 1. The summed E-state index contributed by atoms with van der Waals surface area (Å²) in [7, 11) is 0. The van der Waals surface area contributed by atoms with Crippen LogP contribution in [-0.2, 0) is 6.42 Å². The summed E-state index contributed by atoms with van der Waals surface area (Å²) in [5.41, 5.74) is 0.882. The van der Waals surface area contributed by atoms with Gasteiger partial charge in [-0.3, -0.25) is 0 Å². The van der Waals surface area contributed by atoms with Gasteiger partial charge in [0.15, 0.2) is 0 Å². The van der Waals surface area contributed by atoms with Gasteiger partial charge in [0.25, 0.3) is 0 Å². The predicted octanol–water partition coefficient (Wildman–Crippen LogP) is 1.73. The standard InChI is InChI=1S/C9H8O3/c10-7-2-1-6-3-8(11)5-12-9(6)4-7/h1-2,4-5,10-11H,3H2. The van der Waals surface area contributed by atoms with Crippen molar-refractivity contribution in [3.8, 4) is 11.5 Å². The quantitative estimate of drug-likeness (QED) is 0.613. The highest BCUT2D eigenvalue weighted by Gasteiger charge is 2.11. The molecule has 1 heterocycles. The molecular formula is C9H8O3. The minimum absolute atomic E-state index is 0.170. The monoisotopic (exact) mass is 164 g/mol. The van der Waals surface area contributed by atoms with Crippen LogP contribution in [0.4, 0.5) is 0 Å². The Morgan fingerprint density at radius 2 is 2.08 bits per heavy atom. The van der Waals surface area contributed by atoms with Gasteiger partial charge in [0, 0.05) is 18.1 Å². The van der Waals surface area contributed by atoms with Crippen molar-refractivity contribution < 1.29 is 14.9 Å². The first-order valence-electron chi connectivity index (χ1n) is 3.62. The fourth-order valence-electron chi connectivity index (χ4n) is 1.17. The lowest BCUT2D eigenvalue weighted by molar-refractivity contribution is 0.339. The van der Waals surface area contributed by atoms with Gasteiger partial charge in [0.2, 0.25) is 0 Å². The number of hydrogen-bond donors (Lipinski definition) is 2. The molecule has 0 aromatic heterocycles. The van der Waals surface area contributed by atoms with Crippen molar-refractivity contribution in [2.75, 3.05) is 0 Å². The summed E-state index contributed by atoms with van der Waals surface area (Å²) in [5, 5.41) is 18.2. The molecule has 1 aromatic carbocycles. The topological polar surface area (TPSA) is 49.7 Å². The van der Waals surface area contributed by atoms with Gasteiger partial charge in [-0.05, 0) is 6.07 Å². The summed E-state index contributed by atoms with van der Waals surface area (Å²) in [5.74, 6) is 0.976. The van der Waals surface area contributed by atoms with Crippen molar-refractivity contribution in [1.82, 2.24) is 0 Å². The number of aromatic hydroxyl groups is 1. The molecule has 0 radical (unpaired) electrons. The van der Waals surface area contributed by atoms with Crippen LogP contribution in [0.3, 0.4) is 0 Å². The number of aliphatic hydroxyl groups is 1. The molecule has 1 aliphatic rings. The summed E-state index contributed by atoms with van der Waals surface area (Å²) in [6.45, 7) is 0. The summed E-state index contributed by atoms with van der Waals surface area (Å²) in [4.78, 5) is 0. The smallest absolute Gasteiger partial charge is 0.134 e. The molecule has 3 heteroatoms. The largest absolute Gasteiger partial charge is 0.509 e. The molecule has 0 atom stereocenters. The first-order chi connectivity index (χ1) is 5.75. The van der Waals surface area contributed by atoms with Crippen molar-refractivity contribution in [3.63, 3.8) is 0 Å². The van der Waals surface area contributed by atoms with E-state index < -0.39 is 0 Å². The number of aliphatic hydroxyl groups excluding tert-OH is 1. The highest BCUT2D eigenvalue weighted by molar-refractivity contribution is 5.43. The third-order valence-corrected chi connectivity index (χ3v) is 1.74. The van der Waals surface area contributed by atoms with E-state index in [0.717, 1.165) is 5.56 Å². The van der Waals surface area contributed by atoms with Gasteiger partial charge in [0.1, 0.15) is 23.5 Å². The van der Waals surface area contributed by atoms with Crippen LogP contribution in [-0.4, -0.2) is 10.2 Å². The van der Waals surface area contributed by atoms with Crippen LogP contribution in [0.5, 0.6) is 11.5 Å². The maximum absolute atomic E-state index is 9.10. The number of phenols is 1. The number of fused-ring (bicyclic) bond motifs is 1. The molecule has 0 aliphatic carbocycles. The predicted molar refractivity (Wildman–Crippen MR) is 43.2 cm³/mol. The molecule has 0 unspecified atom stereocenters. The molecule has 1 aliphatic heterocycles. The Morgan fingerprint density at radius 3 is 2.92 bits per heavy atom. The summed E-state index contributed by atoms with van der Waals surface area (Å²) >= 11 is 0. The first-order valence-corrected chi connectivity index (χ1v) is 3.62. The Morgan fingerprint density at radius 1 is 1.25 bits per heavy atom. The van der Waals surface area contributed by atoms with E-state index in [9.17, 15) is 0 Å². The van der Waals surface area contributed by atoms with E-state index in [2.05, 4.69) is 0 Å². The molecular weight excluding hydrogens is 156 g/mol. The molecule has 0 fully saturated rings. The molecule has 0 saturated heterocycles. The molecule has 2 N–H and O–H groups in total. The second-order valence-electron chi connectivity index (χ2n) is 2.70. The van der Waals surface area contributed by atoms with Crippen LogP contribution >= 0.6 is 0 Å². The third kappa shape index (κ3) is 1.09. The molecule has 1 aromatic rings. The van der Waals surface area contributed by atoms with Gasteiger partial charge in [-0.25, -0.2) is 0 Å². The second kappa shape index (κ2) is 2.44. The summed E-state index contributed by atoms with van der Waals surface area (Å²) < 4.78 is 5.04. The number of hydrogen-bond acceptors (Lipinski definition) is 3. The van der Waals surface area contributed by atoms with E-state index >= 15 is 0 Å². The Balaban J connectivity index is 2.43. The first kappa shape index (κ1) is 7.03. The van der Waals surface area contributed by atoms with E-state index in [1.54, 1.807) is 12.1 Å². The number of allylic oxidation sites excluding steroid dienone is 1. The Bertz CT molecular complexity index is 342.